The lowest BCUT2D eigenvalue weighted by Gasteiger charge is -2.06. The molecule has 0 bridgehead atoms. The lowest BCUT2D eigenvalue weighted by Crippen LogP contribution is -2.22. The van der Waals surface area contributed by atoms with Crippen molar-refractivity contribution in [3.05, 3.63) is 64.1 Å². The molecular weight excluding hydrogens is 314 g/mol. The summed E-state index contributed by atoms with van der Waals surface area (Å²) in [5.41, 5.74) is 9.27. The minimum Gasteiger partial charge on any atom is -0.370 e. The van der Waals surface area contributed by atoms with Crippen LogP contribution in [-0.4, -0.2) is 5.96 Å². The minimum atomic E-state index is 0.425. The number of hydrogen-bond acceptors (Lipinski definition) is 1. The number of nitrogens with zero attached hydrogens (tertiary/aromatic N) is 1. The van der Waals surface area contributed by atoms with Gasteiger partial charge in [-0.15, -0.1) is 0 Å². The maximum absolute atomic E-state index is 5.89. The number of guanidine groups is 1. The van der Waals surface area contributed by atoms with Crippen LogP contribution < -0.4 is 11.1 Å². The fourth-order valence-electron chi connectivity index (χ4n) is 1.82. The summed E-state index contributed by atoms with van der Waals surface area (Å²) in [7, 11) is 0. The Morgan fingerprint density at radius 3 is 2.55 bits per heavy atom. The van der Waals surface area contributed by atoms with Crippen molar-refractivity contribution >= 4 is 27.6 Å². The summed E-state index contributed by atoms with van der Waals surface area (Å²) < 4.78 is 1.05. The van der Waals surface area contributed by atoms with E-state index in [1.54, 1.807) is 0 Å². The summed E-state index contributed by atoms with van der Waals surface area (Å²) in [5, 5.41) is 3.09. The first-order valence-electron chi connectivity index (χ1n) is 6.57. The zero-order chi connectivity index (χ0) is 14.4. The van der Waals surface area contributed by atoms with Gasteiger partial charge in [-0.2, -0.15) is 0 Å². The van der Waals surface area contributed by atoms with Crippen LogP contribution in [0.3, 0.4) is 0 Å². The van der Waals surface area contributed by atoms with Crippen molar-refractivity contribution in [3.8, 4) is 0 Å². The Hall–Kier alpha value is -1.81. The van der Waals surface area contributed by atoms with E-state index in [4.69, 9.17) is 5.73 Å². The highest BCUT2D eigenvalue weighted by atomic mass is 79.9. The van der Waals surface area contributed by atoms with Crippen LogP contribution in [0.25, 0.3) is 0 Å². The molecule has 0 fully saturated rings. The normalized spacial score (nSPS) is 11.4. The first kappa shape index (κ1) is 14.6. The van der Waals surface area contributed by atoms with E-state index >= 15 is 0 Å². The maximum atomic E-state index is 5.89. The molecule has 3 nitrogen and oxygen atoms in total. The van der Waals surface area contributed by atoms with Crippen molar-refractivity contribution in [2.45, 2.75) is 19.9 Å². The molecule has 0 spiro atoms. The summed E-state index contributed by atoms with van der Waals surface area (Å²) in [6.45, 7) is 2.70. The summed E-state index contributed by atoms with van der Waals surface area (Å²) in [5.74, 6) is 0.425. The average molecular weight is 332 g/mol. The van der Waals surface area contributed by atoms with E-state index < -0.39 is 0 Å². The van der Waals surface area contributed by atoms with Crippen molar-refractivity contribution in [2.24, 2.45) is 10.7 Å². The molecule has 2 aromatic carbocycles. The van der Waals surface area contributed by atoms with Gasteiger partial charge in [-0.05, 0) is 41.8 Å². The zero-order valence-corrected chi connectivity index (χ0v) is 13.0. The topological polar surface area (TPSA) is 50.4 Å². The summed E-state index contributed by atoms with van der Waals surface area (Å²) in [4.78, 5) is 4.34. The van der Waals surface area contributed by atoms with Gasteiger partial charge in [-0.1, -0.05) is 47.1 Å². The van der Waals surface area contributed by atoms with Gasteiger partial charge in [0.25, 0.3) is 0 Å². The molecule has 104 valence electrons. The lowest BCUT2D eigenvalue weighted by atomic mass is 10.1. The highest BCUT2D eigenvalue weighted by Crippen LogP contribution is 2.13. The Bertz CT molecular complexity index is 591. The molecule has 0 heterocycles. The zero-order valence-electron chi connectivity index (χ0n) is 11.4. The van der Waals surface area contributed by atoms with Gasteiger partial charge < -0.3 is 11.1 Å². The summed E-state index contributed by atoms with van der Waals surface area (Å²) in [6.07, 6.45) is 1.03. The molecule has 0 unspecified atom stereocenters. The molecule has 20 heavy (non-hydrogen) atoms. The molecule has 0 saturated heterocycles. The number of halogens is 1. The van der Waals surface area contributed by atoms with Gasteiger partial charge in [-0.25, -0.2) is 4.99 Å². The van der Waals surface area contributed by atoms with E-state index in [0.717, 1.165) is 22.1 Å². The van der Waals surface area contributed by atoms with E-state index in [-0.39, 0.29) is 0 Å². The number of nitrogens with one attached hydrogen (secondary N) is 1. The van der Waals surface area contributed by atoms with Gasteiger partial charge in [0.2, 0.25) is 0 Å². The summed E-state index contributed by atoms with van der Waals surface area (Å²) in [6, 6.07) is 16.2. The molecule has 0 amide bonds. The molecule has 3 N–H and O–H groups in total. The van der Waals surface area contributed by atoms with Crippen LogP contribution >= 0.6 is 15.9 Å². The van der Waals surface area contributed by atoms with Gasteiger partial charge in [0.1, 0.15) is 0 Å². The van der Waals surface area contributed by atoms with Crippen LogP contribution in [0.5, 0.6) is 0 Å². The van der Waals surface area contributed by atoms with Gasteiger partial charge in [0.05, 0.1) is 6.54 Å². The second-order valence-electron chi connectivity index (χ2n) is 4.51. The molecule has 0 saturated carbocycles. The first-order valence-corrected chi connectivity index (χ1v) is 7.37. The lowest BCUT2D eigenvalue weighted by molar-refractivity contribution is 1.06. The molecule has 0 aliphatic rings. The Kier molecular flexibility index (Phi) is 5.18. The Labute approximate surface area is 128 Å². The number of benzene rings is 2. The van der Waals surface area contributed by atoms with Crippen LogP contribution in [0, 0.1) is 0 Å². The van der Waals surface area contributed by atoms with E-state index in [1.807, 2.05) is 36.4 Å². The SMILES string of the molecule is CCc1ccc(NC(N)=NCc2cccc(Br)c2)cc1. The molecule has 0 aromatic heterocycles. The van der Waals surface area contributed by atoms with Crippen LogP contribution in [0.2, 0.25) is 0 Å². The molecule has 0 radical (unpaired) electrons. The van der Waals surface area contributed by atoms with E-state index in [2.05, 4.69) is 45.3 Å². The monoisotopic (exact) mass is 331 g/mol. The maximum Gasteiger partial charge on any atom is 0.193 e. The second kappa shape index (κ2) is 7.10. The van der Waals surface area contributed by atoms with Gasteiger partial charge in [-0.3, -0.25) is 0 Å². The van der Waals surface area contributed by atoms with Crippen molar-refractivity contribution in [1.82, 2.24) is 0 Å². The van der Waals surface area contributed by atoms with E-state index in [9.17, 15) is 0 Å². The third-order valence-corrected chi connectivity index (χ3v) is 3.45. The molecule has 0 aliphatic heterocycles. The molecule has 2 aromatic rings. The second-order valence-corrected chi connectivity index (χ2v) is 5.42. The quantitative estimate of drug-likeness (QED) is 0.658. The van der Waals surface area contributed by atoms with E-state index in [0.29, 0.717) is 12.5 Å². The van der Waals surface area contributed by atoms with Gasteiger partial charge in [0, 0.05) is 10.2 Å². The van der Waals surface area contributed by atoms with Crippen molar-refractivity contribution < 1.29 is 0 Å². The van der Waals surface area contributed by atoms with E-state index in [1.165, 1.54) is 5.56 Å². The highest BCUT2D eigenvalue weighted by Gasteiger charge is 1.97. The molecule has 0 atom stereocenters. The standard InChI is InChI=1S/C16H18BrN3/c1-2-12-6-8-15(9-7-12)20-16(18)19-11-13-4-3-5-14(17)10-13/h3-10H,2,11H2,1H3,(H3,18,19,20). The van der Waals surface area contributed by atoms with Crippen LogP contribution in [0.15, 0.2) is 58.0 Å². The first-order chi connectivity index (χ1) is 9.67. The summed E-state index contributed by atoms with van der Waals surface area (Å²) >= 11 is 3.44. The largest absolute Gasteiger partial charge is 0.370 e. The fourth-order valence-corrected chi connectivity index (χ4v) is 2.27. The molecule has 0 aliphatic carbocycles. The number of hydrogen-bond donors (Lipinski definition) is 2. The van der Waals surface area contributed by atoms with Gasteiger partial charge in [0.15, 0.2) is 5.96 Å². The predicted molar refractivity (Wildman–Crippen MR) is 88.9 cm³/mol. The van der Waals surface area contributed by atoms with Crippen molar-refractivity contribution in [1.29, 1.82) is 0 Å². The number of aliphatic imine (C=N–C) groups is 1. The Balaban J connectivity index is 1.96. The van der Waals surface area contributed by atoms with Crippen LogP contribution in [-0.2, 0) is 13.0 Å². The number of anilines is 1. The molecular formula is C16H18BrN3. The van der Waals surface area contributed by atoms with Crippen LogP contribution in [0.1, 0.15) is 18.1 Å². The third-order valence-electron chi connectivity index (χ3n) is 2.96. The molecule has 4 heteroatoms. The van der Waals surface area contributed by atoms with Crippen molar-refractivity contribution in [2.75, 3.05) is 5.32 Å². The number of nitrogens with two attached hydrogens (primary N) is 1. The smallest absolute Gasteiger partial charge is 0.193 e. The highest BCUT2D eigenvalue weighted by molar-refractivity contribution is 9.10. The van der Waals surface area contributed by atoms with Crippen molar-refractivity contribution in [3.63, 3.8) is 0 Å². The molecule has 2 rings (SSSR count). The predicted octanol–water partition coefficient (Wildman–Crippen LogP) is 3.94. The number of rotatable bonds is 4. The minimum absolute atomic E-state index is 0.425. The third kappa shape index (κ3) is 4.38. The van der Waals surface area contributed by atoms with Crippen LogP contribution in [0.4, 0.5) is 5.69 Å². The Morgan fingerprint density at radius 1 is 1.15 bits per heavy atom. The van der Waals surface area contributed by atoms with Gasteiger partial charge >= 0.3 is 0 Å². The Morgan fingerprint density at radius 2 is 1.90 bits per heavy atom. The number of aryl methyl sites for hydroxylation is 1. The average Bonchev–Trinajstić information content (AvgIpc) is 2.46. The fraction of sp³-hybridized carbons (Fsp3) is 0.188.